The first-order chi connectivity index (χ1) is 17.1. The van der Waals surface area contributed by atoms with E-state index in [0.29, 0.717) is 28.1 Å². The molecule has 170 valence electrons. The van der Waals surface area contributed by atoms with Gasteiger partial charge in [0.1, 0.15) is 5.82 Å². The third kappa shape index (κ3) is 4.18. The maximum Gasteiger partial charge on any atom is 0.257 e. The second kappa shape index (κ2) is 8.58. The summed E-state index contributed by atoms with van der Waals surface area (Å²) in [5.74, 6) is 1.52. The van der Waals surface area contributed by atoms with E-state index in [9.17, 15) is 4.79 Å². The quantitative estimate of drug-likeness (QED) is 0.355. The fraction of sp³-hybridized carbons (Fsp3) is 0.0400. The van der Waals surface area contributed by atoms with Crippen LogP contribution >= 0.6 is 11.3 Å². The Morgan fingerprint density at radius 1 is 0.971 bits per heavy atom. The molecule has 10 heteroatoms. The van der Waals surface area contributed by atoms with Crippen molar-refractivity contribution in [1.82, 2.24) is 29.5 Å². The summed E-state index contributed by atoms with van der Waals surface area (Å²) in [6.07, 6.45) is 3.42. The minimum Gasteiger partial charge on any atom is -0.340 e. The van der Waals surface area contributed by atoms with Crippen LogP contribution in [-0.4, -0.2) is 35.5 Å². The van der Waals surface area contributed by atoms with Crippen molar-refractivity contribution in [3.05, 3.63) is 90.4 Å². The third-order valence-electron chi connectivity index (χ3n) is 5.29. The van der Waals surface area contributed by atoms with Crippen molar-refractivity contribution in [2.75, 3.05) is 10.6 Å². The standard InChI is InChI=1S/C25H18N8OS/c1-15-13-21(33-24(27-15)30-22(32-33)17-5-4-12-26-14-17)28-18-10-8-16(9-11-18)23(34)31-25-29-19-6-2-3-7-20(19)35-25/h2-14,28H,1H3,(H,29,31,34). The predicted molar refractivity (Wildman–Crippen MR) is 136 cm³/mol. The maximum absolute atomic E-state index is 12.7. The molecule has 0 unspecified atom stereocenters. The number of rotatable bonds is 5. The molecule has 6 aromatic rings. The zero-order valence-electron chi connectivity index (χ0n) is 18.5. The normalized spacial score (nSPS) is 11.1. The van der Waals surface area contributed by atoms with Gasteiger partial charge in [-0.25, -0.2) is 9.97 Å². The Morgan fingerprint density at radius 3 is 2.63 bits per heavy atom. The third-order valence-corrected chi connectivity index (χ3v) is 6.25. The highest BCUT2D eigenvalue weighted by molar-refractivity contribution is 7.22. The molecule has 4 aromatic heterocycles. The molecule has 2 aromatic carbocycles. The summed E-state index contributed by atoms with van der Waals surface area (Å²) in [4.78, 5) is 30.3. The second-order valence-electron chi connectivity index (χ2n) is 7.81. The molecule has 0 saturated carbocycles. The zero-order valence-corrected chi connectivity index (χ0v) is 19.3. The number of hydrogen-bond donors (Lipinski definition) is 2. The van der Waals surface area contributed by atoms with Gasteiger partial charge in [-0.1, -0.05) is 23.5 Å². The molecule has 2 N–H and O–H groups in total. The lowest BCUT2D eigenvalue weighted by Crippen LogP contribution is -2.11. The van der Waals surface area contributed by atoms with E-state index in [-0.39, 0.29) is 5.91 Å². The number of thiazole rings is 1. The Labute approximate surface area is 203 Å². The smallest absolute Gasteiger partial charge is 0.257 e. The van der Waals surface area contributed by atoms with E-state index in [4.69, 9.17) is 0 Å². The summed E-state index contributed by atoms with van der Waals surface area (Å²) in [6, 6.07) is 20.6. The summed E-state index contributed by atoms with van der Waals surface area (Å²) in [5, 5.41) is 11.4. The number of nitrogens with zero attached hydrogens (tertiary/aromatic N) is 6. The van der Waals surface area contributed by atoms with E-state index in [1.165, 1.54) is 11.3 Å². The van der Waals surface area contributed by atoms with E-state index in [1.807, 2.05) is 61.5 Å². The first kappa shape index (κ1) is 20.9. The fourth-order valence-corrected chi connectivity index (χ4v) is 4.50. The average Bonchev–Trinajstić information content (AvgIpc) is 3.49. The van der Waals surface area contributed by atoms with E-state index < -0.39 is 0 Å². The van der Waals surface area contributed by atoms with Gasteiger partial charge < -0.3 is 5.32 Å². The van der Waals surface area contributed by atoms with Gasteiger partial charge in [0.2, 0.25) is 0 Å². The number of benzene rings is 2. The number of fused-ring (bicyclic) bond motifs is 2. The molecule has 0 radical (unpaired) electrons. The largest absolute Gasteiger partial charge is 0.340 e. The molecule has 4 heterocycles. The lowest BCUT2D eigenvalue weighted by molar-refractivity contribution is 0.102. The Balaban J connectivity index is 1.23. The molecule has 0 saturated heterocycles. The van der Waals surface area contributed by atoms with Crippen LogP contribution in [0.5, 0.6) is 0 Å². The van der Waals surface area contributed by atoms with Crippen LogP contribution < -0.4 is 10.6 Å². The van der Waals surface area contributed by atoms with E-state index >= 15 is 0 Å². The fourth-order valence-electron chi connectivity index (χ4n) is 3.64. The monoisotopic (exact) mass is 478 g/mol. The number of aromatic nitrogens is 6. The highest BCUT2D eigenvalue weighted by Crippen LogP contribution is 2.26. The number of aryl methyl sites for hydroxylation is 1. The SMILES string of the molecule is Cc1cc(Nc2ccc(C(=O)Nc3nc4ccccc4s3)cc2)n2nc(-c3cccnc3)nc2n1. The predicted octanol–water partition coefficient (Wildman–Crippen LogP) is 5.10. The van der Waals surface area contributed by atoms with Gasteiger partial charge in [-0.2, -0.15) is 9.50 Å². The number of amides is 1. The maximum atomic E-state index is 12.7. The van der Waals surface area contributed by atoms with Crippen molar-refractivity contribution >= 4 is 49.9 Å². The molecular weight excluding hydrogens is 460 g/mol. The Bertz CT molecular complexity index is 1640. The van der Waals surface area contributed by atoms with Crippen LogP contribution in [0.2, 0.25) is 0 Å². The van der Waals surface area contributed by atoms with Gasteiger partial charge in [0.15, 0.2) is 11.0 Å². The van der Waals surface area contributed by atoms with Gasteiger partial charge in [0, 0.05) is 41.0 Å². The van der Waals surface area contributed by atoms with E-state index in [1.54, 1.807) is 29.0 Å². The lowest BCUT2D eigenvalue weighted by atomic mass is 10.2. The highest BCUT2D eigenvalue weighted by Gasteiger charge is 2.13. The molecule has 35 heavy (non-hydrogen) atoms. The topological polar surface area (TPSA) is 110 Å². The molecule has 6 rings (SSSR count). The highest BCUT2D eigenvalue weighted by atomic mass is 32.1. The van der Waals surface area contributed by atoms with Crippen molar-refractivity contribution in [2.45, 2.75) is 6.92 Å². The molecule has 0 fully saturated rings. The van der Waals surface area contributed by atoms with Gasteiger partial charge in [-0.3, -0.25) is 15.1 Å². The van der Waals surface area contributed by atoms with Crippen molar-refractivity contribution < 1.29 is 4.79 Å². The van der Waals surface area contributed by atoms with Crippen LogP contribution in [-0.2, 0) is 0 Å². The first-order valence-electron chi connectivity index (χ1n) is 10.8. The summed E-state index contributed by atoms with van der Waals surface area (Å²) in [7, 11) is 0. The number of pyridine rings is 1. The molecule has 0 atom stereocenters. The minimum atomic E-state index is -0.213. The minimum absolute atomic E-state index is 0.213. The van der Waals surface area contributed by atoms with Gasteiger partial charge >= 0.3 is 0 Å². The van der Waals surface area contributed by atoms with Gasteiger partial charge in [0.25, 0.3) is 11.7 Å². The van der Waals surface area contributed by atoms with Crippen LogP contribution in [0.4, 0.5) is 16.6 Å². The number of carbonyl (C=O) groups is 1. The number of anilines is 3. The van der Waals surface area contributed by atoms with Crippen molar-refractivity contribution in [3.63, 3.8) is 0 Å². The summed E-state index contributed by atoms with van der Waals surface area (Å²) in [6.45, 7) is 1.90. The van der Waals surface area contributed by atoms with E-state index in [0.717, 1.165) is 27.2 Å². The van der Waals surface area contributed by atoms with Gasteiger partial charge in [0.05, 0.1) is 10.2 Å². The van der Waals surface area contributed by atoms with Gasteiger partial charge in [-0.05, 0) is 55.5 Å². The number of hydrogen-bond acceptors (Lipinski definition) is 8. The summed E-state index contributed by atoms with van der Waals surface area (Å²) < 4.78 is 2.68. The summed E-state index contributed by atoms with van der Waals surface area (Å²) in [5.41, 5.74) is 3.81. The molecule has 0 aliphatic carbocycles. The lowest BCUT2D eigenvalue weighted by Gasteiger charge is -2.09. The number of para-hydroxylation sites is 1. The average molecular weight is 479 g/mol. The Morgan fingerprint density at radius 2 is 1.83 bits per heavy atom. The number of nitrogens with one attached hydrogen (secondary N) is 2. The van der Waals surface area contributed by atoms with Crippen LogP contribution in [0.3, 0.4) is 0 Å². The first-order valence-corrected chi connectivity index (χ1v) is 11.6. The second-order valence-corrected chi connectivity index (χ2v) is 8.85. The Hall–Kier alpha value is -4.70. The molecule has 0 spiro atoms. The molecule has 9 nitrogen and oxygen atoms in total. The van der Waals surface area contributed by atoms with Crippen LogP contribution in [0.25, 0.3) is 27.4 Å². The van der Waals surface area contributed by atoms with Crippen molar-refractivity contribution in [1.29, 1.82) is 0 Å². The zero-order chi connectivity index (χ0) is 23.8. The van der Waals surface area contributed by atoms with Crippen molar-refractivity contribution in [2.24, 2.45) is 0 Å². The molecule has 1 amide bonds. The van der Waals surface area contributed by atoms with Crippen LogP contribution in [0, 0.1) is 6.92 Å². The molecule has 0 aliphatic rings. The Kier molecular flexibility index (Phi) is 5.12. The number of carbonyl (C=O) groups excluding carboxylic acids is 1. The van der Waals surface area contributed by atoms with E-state index in [2.05, 4.69) is 35.7 Å². The van der Waals surface area contributed by atoms with Crippen LogP contribution in [0.1, 0.15) is 16.1 Å². The van der Waals surface area contributed by atoms with Crippen LogP contribution in [0.15, 0.2) is 79.1 Å². The van der Waals surface area contributed by atoms with Crippen molar-refractivity contribution in [3.8, 4) is 11.4 Å². The summed E-state index contributed by atoms with van der Waals surface area (Å²) >= 11 is 1.45. The molecule has 0 bridgehead atoms. The van der Waals surface area contributed by atoms with Gasteiger partial charge in [-0.15, -0.1) is 5.10 Å². The molecular formula is C25H18N8OS. The molecule has 0 aliphatic heterocycles.